The molecule has 6 heteroatoms. The molecule has 0 heterocycles. The lowest BCUT2D eigenvalue weighted by Crippen LogP contribution is -2.15. The van der Waals surface area contributed by atoms with E-state index in [9.17, 15) is 4.79 Å². The van der Waals surface area contributed by atoms with Gasteiger partial charge in [0.05, 0.1) is 24.9 Å². The molecule has 0 aliphatic rings. The van der Waals surface area contributed by atoms with E-state index in [1.54, 1.807) is 30.3 Å². The number of benzene rings is 2. The Balaban J connectivity index is 2.36. The van der Waals surface area contributed by atoms with Gasteiger partial charge < -0.3 is 14.8 Å². The Bertz CT molecular complexity index is 654. The highest BCUT2D eigenvalue weighted by Gasteiger charge is 2.19. The van der Waals surface area contributed by atoms with Crippen LogP contribution in [0.25, 0.3) is 0 Å². The molecule has 0 aliphatic heterocycles. The molecule has 21 heavy (non-hydrogen) atoms. The van der Waals surface area contributed by atoms with Gasteiger partial charge >= 0.3 is 0 Å². The minimum Gasteiger partial charge on any atom is -0.496 e. The second-order valence-electron chi connectivity index (χ2n) is 4.12. The molecule has 0 fully saturated rings. The number of ether oxygens (including phenoxy) is 2. The van der Waals surface area contributed by atoms with Crippen LogP contribution in [0.2, 0.25) is 5.02 Å². The Morgan fingerprint density at radius 1 is 1.14 bits per heavy atom. The second kappa shape index (κ2) is 7.00. The van der Waals surface area contributed by atoms with E-state index < -0.39 is 0 Å². The molecule has 0 aliphatic carbocycles. The largest absolute Gasteiger partial charge is 0.496 e. The minimum absolute atomic E-state index is 0.331. The number of hydrogen-bond donors (Lipinski definition) is 1. The van der Waals surface area contributed by atoms with Crippen molar-refractivity contribution in [3.8, 4) is 11.5 Å². The van der Waals surface area contributed by atoms with Crippen LogP contribution >= 0.6 is 34.2 Å². The summed E-state index contributed by atoms with van der Waals surface area (Å²) in [6.45, 7) is 0. The van der Waals surface area contributed by atoms with Gasteiger partial charge in [0.2, 0.25) is 0 Å². The van der Waals surface area contributed by atoms with E-state index >= 15 is 0 Å². The summed E-state index contributed by atoms with van der Waals surface area (Å²) in [6, 6.07) is 10.6. The molecule has 0 saturated carbocycles. The summed E-state index contributed by atoms with van der Waals surface area (Å²) < 4.78 is 11.4. The van der Waals surface area contributed by atoms with Crippen LogP contribution in [0.15, 0.2) is 36.4 Å². The molecule has 2 aromatic carbocycles. The third-order valence-electron chi connectivity index (χ3n) is 2.83. The van der Waals surface area contributed by atoms with Crippen LogP contribution in [0.1, 0.15) is 10.4 Å². The number of rotatable bonds is 4. The first-order valence-corrected chi connectivity index (χ1v) is 7.50. The van der Waals surface area contributed by atoms with Gasteiger partial charge in [0.25, 0.3) is 5.91 Å². The summed E-state index contributed by atoms with van der Waals surface area (Å²) in [5.41, 5.74) is 0.868. The van der Waals surface area contributed by atoms with Crippen molar-refractivity contribution in [1.82, 2.24) is 0 Å². The average molecular weight is 418 g/mol. The van der Waals surface area contributed by atoms with E-state index in [0.717, 1.165) is 3.57 Å². The molecule has 1 N–H and O–H groups in total. The van der Waals surface area contributed by atoms with Crippen molar-refractivity contribution < 1.29 is 14.3 Å². The van der Waals surface area contributed by atoms with Gasteiger partial charge in [-0.25, -0.2) is 0 Å². The third-order valence-corrected chi connectivity index (χ3v) is 3.82. The van der Waals surface area contributed by atoms with E-state index in [2.05, 4.69) is 27.9 Å². The predicted molar refractivity (Wildman–Crippen MR) is 91.7 cm³/mol. The van der Waals surface area contributed by atoms with Crippen LogP contribution in [0, 0.1) is 3.57 Å². The molecular weight excluding hydrogens is 405 g/mol. The van der Waals surface area contributed by atoms with Crippen LogP contribution in [0.5, 0.6) is 11.5 Å². The Kier molecular flexibility index (Phi) is 5.30. The number of halogens is 2. The van der Waals surface area contributed by atoms with Gasteiger partial charge in [0.1, 0.15) is 17.1 Å². The summed E-state index contributed by atoms with van der Waals surface area (Å²) in [4.78, 5) is 12.5. The summed E-state index contributed by atoms with van der Waals surface area (Å²) in [5.74, 6) is 0.536. The standard InChI is InChI=1S/C15H13ClINO3/c1-20-12-4-3-5-13(21-2)14(12)15(19)18-11-7-6-9(17)8-10(11)16/h3-8H,1-2H3,(H,18,19). The van der Waals surface area contributed by atoms with E-state index in [-0.39, 0.29) is 5.91 Å². The van der Waals surface area contributed by atoms with Crippen LogP contribution in [0.3, 0.4) is 0 Å². The van der Waals surface area contributed by atoms with Crippen molar-refractivity contribution in [1.29, 1.82) is 0 Å². The fourth-order valence-corrected chi connectivity index (χ4v) is 2.75. The van der Waals surface area contributed by atoms with Gasteiger partial charge in [-0.15, -0.1) is 0 Å². The van der Waals surface area contributed by atoms with E-state index in [4.69, 9.17) is 21.1 Å². The monoisotopic (exact) mass is 417 g/mol. The molecule has 1 amide bonds. The predicted octanol–water partition coefficient (Wildman–Crippen LogP) is 4.21. The Hall–Kier alpha value is -1.47. The zero-order valence-electron chi connectivity index (χ0n) is 11.4. The first-order valence-electron chi connectivity index (χ1n) is 6.04. The smallest absolute Gasteiger partial charge is 0.263 e. The van der Waals surface area contributed by atoms with E-state index in [1.807, 2.05) is 6.07 Å². The van der Waals surface area contributed by atoms with Gasteiger partial charge in [0, 0.05) is 3.57 Å². The van der Waals surface area contributed by atoms with Crippen molar-refractivity contribution in [2.24, 2.45) is 0 Å². The molecular formula is C15H13ClINO3. The number of hydrogen-bond acceptors (Lipinski definition) is 3. The Labute approximate surface area is 141 Å². The first-order chi connectivity index (χ1) is 10.1. The van der Waals surface area contributed by atoms with Gasteiger partial charge in [0.15, 0.2) is 0 Å². The topological polar surface area (TPSA) is 47.6 Å². The van der Waals surface area contributed by atoms with Crippen molar-refractivity contribution in [3.63, 3.8) is 0 Å². The second-order valence-corrected chi connectivity index (χ2v) is 5.77. The van der Waals surface area contributed by atoms with Gasteiger partial charge in [-0.1, -0.05) is 17.7 Å². The van der Waals surface area contributed by atoms with Crippen molar-refractivity contribution >= 4 is 45.8 Å². The minimum atomic E-state index is -0.340. The molecule has 2 aromatic rings. The lowest BCUT2D eigenvalue weighted by Gasteiger charge is -2.13. The maximum Gasteiger partial charge on any atom is 0.263 e. The summed E-state index contributed by atoms with van der Waals surface area (Å²) in [6.07, 6.45) is 0. The molecule has 0 bridgehead atoms. The lowest BCUT2D eigenvalue weighted by molar-refractivity contribution is 0.102. The lowest BCUT2D eigenvalue weighted by atomic mass is 10.1. The molecule has 110 valence electrons. The Morgan fingerprint density at radius 3 is 2.29 bits per heavy atom. The first kappa shape index (κ1) is 15.9. The van der Waals surface area contributed by atoms with Crippen molar-refractivity contribution in [3.05, 3.63) is 50.6 Å². The summed E-state index contributed by atoms with van der Waals surface area (Å²) in [7, 11) is 3.01. The molecule has 0 atom stereocenters. The van der Waals surface area contributed by atoms with Gasteiger partial charge in [-0.2, -0.15) is 0 Å². The molecule has 0 aromatic heterocycles. The molecule has 0 saturated heterocycles. The number of carbonyl (C=O) groups excluding carboxylic acids is 1. The molecule has 0 radical (unpaired) electrons. The Morgan fingerprint density at radius 2 is 1.76 bits per heavy atom. The highest BCUT2D eigenvalue weighted by Crippen LogP contribution is 2.30. The fraction of sp³-hybridized carbons (Fsp3) is 0.133. The molecule has 0 spiro atoms. The van der Waals surface area contributed by atoms with Crippen LogP contribution in [0.4, 0.5) is 5.69 Å². The maximum atomic E-state index is 12.5. The van der Waals surface area contributed by atoms with Gasteiger partial charge in [-0.05, 0) is 52.9 Å². The number of nitrogens with one attached hydrogen (secondary N) is 1. The fourth-order valence-electron chi connectivity index (χ4n) is 1.85. The normalized spacial score (nSPS) is 10.1. The van der Waals surface area contributed by atoms with Gasteiger partial charge in [-0.3, -0.25) is 4.79 Å². The van der Waals surface area contributed by atoms with E-state index in [1.165, 1.54) is 14.2 Å². The number of methoxy groups -OCH3 is 2. The quantitative estimate of drug-likeness (QED) is 0.758. The van der Waals surface area contributed by atoms with Crippen molar-refractivity contribution in [2.75, 3.05) is 19.5 Å². The molecule has 0 unspecified atom stereocenters. The number of amides is 1. The maximum absolute atomic E-state index is 12.5. The van der Waals surface area contributed by atoms with Crippen molar-refractivity contribution in [2.45, 2.75) is 0 Å². The van der Waals surface area contributed by atoms with Crippen LogP contribution in [-0.2, 0) is 0 Å². The molecule has 2 rings (SSSR count). The summed E-state index contributed by atoms with van der Waals surface area (Å²) >= 11 is 8.28. The van der Waals surface area contributed by atoms with Crippen LogP contribution < -0.4 is 14.8 Å². The SMILES string of the molecule is COc1cccc(OC)c1C(=O)Nc1ccc(I)cc1Cl. The highest BCUT2D eigenvalue weighted by atomic mass is 127. The number of anilines is 1. The highest BCUT2D eigenvalue weighted by molar-refractivity contribution is 14.1. The number of carbonyl (C=O) groups is 1. The zero-order valence-corrected chi connectivity index (χ0v) is 14.4. The average Bonchev–Trinajstić information content (AvgIpc) is 2.49. The van der Waals surface area contributed by atoms with Crippen LogP contribution in [-0.4, -0.2) is 20.1 Å². The van der Waals surface area contributed by atoms with E-state index in [0.29, 0.717) is 27.8 Å². The molecule has 4 nitrogen and oxygen atoms in total. The summed E-state index contributed by atoms with van der Waals surface area (Å²) in [5, 5.41) is 3.24. The zero-order chi connectivity index (χ0) is 15.4. The third kappa shape index (κ3) is 3.59.